The van der Waals surface area contributed by atoms with E-state index in [0.717, 1.165) is 35.8 Å². The summed E-state index contributed by atoms with van der Waals surface area (Å²) in [4.78, 5) is 18.2. The van der Waals surface area contributed by atoms with Crippen LogP contribution in [0, 0.1) is 0 Å². The Morgan fingerprint density at radius 2 is 1.38 bits per heavy atom. The molecule has 1 aliphatic carbocycles. The fourth-order valence-electron chi connectivity index (χ4n) is 7.62. The van der Waals surface area contributed by atoms with Crippen molar-refractivity contribution in [1.29, 1.82) is 0 Å². The first-order chi connectivity index (χ1) is 27.2. The van der Waals surface area contributed by atoms with Crippen LogP contribution in [0.1, 0.15) is 63.9 Å². The first-order valence-electron chi connectivity index (χ1n) is 18.1. The van der Waals surface area contributed by atoms with Crippen LogP contribution in [0.2, 0.25) is 5.15 Å². The quantitative estimate of drug-likeness (QED) is 0.0907. The molecule has 0 saturated heterocycles. The zero-order valence-electron chi connectivity index (χ0n) is 30.1. The highest BCUT2D eigenvalue weighted by Gasteiger charge is 2.43. The lowest BCUT2D eigenvalue weighted by molar-refractivity contribution is -0.136. The lowest BCUT2D eigenvalue weighted by atomic mass is 9.77. The fourth-order valence-corrected chi connectivity index (χ4v) is 7.86. The number of hydrogen-bond donors (Lipinski definition) is 0. The monoisotopic (exact) mass is 770 g/mol. The Balaban J connectivity index is 1.26. The molecule has 0 saturated carbocycles. The van der Waals surface area contributed by atoms with Crippen LogP contribution in [0.15, 0.2) is 138 Å². The van der Waals surface area contributed by atoms with Gasteiger partial charge in [0, 0.05) is 23.1 Å². The zero-order valence-corrected chi connectivity index (χ0v) is 30.9. The number of aromatic nitrogens is 6. The summed E-state index contributed by atoms with van der Waals surface area (Å²) in [5.41, 5.74) is 2.43. The van der Waals surface area contributed by atoms with Crippen LogP contribution in [0.5, 0.6) is 0 Å². The van der Waals surface area contributed by atoms with Crippen molar-refractivity contribution in [2.24, 2.45) is 0 Å². The van der Waals surface area contributed by atoms with Gasteiger partial charge in [0.15, 0.2) is 17.0 Å². The number of carbonyl (C=O) groups excluding carboxylic acids is 1. The van der Waals surface area contributed by atoms with E-state index in [2.05, 4.69) is 15.3 Å². The number of benzene rings is 4. The van der Waals surface area contributed by atoms with E-state index in [4.69, 9.17) is 21.1 Å². The average Bonchev–Trinajstić information content (AvgIpc) is 3.93. The summed E-state index contributed by atoms with van der Waals surface area (Å²) in [6, 6.07) is 37.9. The third kappa shape index (κ3) is 6.37. The van der Waals surface area contributed by atoms with E-state index < -0.39 is 17.3 Å². The van der Waals surface area contributed by atoms with Gasteiger partial charge in [-0.05, 0) is 51.1 Å². The molecule has 0 unspecified atom stereocenters. The van der Waals surface area contributed by atoms with E-state index >= 15 is 13.2 Å². The normalized spacial score (nSPS) is 12.0. The van der Waals surface area contributed by atoms with Crippen molar-refractivity contribution in [2.75, 3.05) is 0 Å². The molecule has 0 fully saturated rings. The minimum atomic E-state index is -4.74. The van der Waals surface area contributed by atoms with Crippen molar-refractivity contribution in [3.8, 4) is 33.6 Å². The smallest absolute Gasteiger partial charge is 0.417 e. The largest absolute Gasteiger partial charge is 0.472 e. The molecule has 0 spiro atoms. The van der Waals surface area contributed by atoms with Crippen molar-refractivity contribution in [1.82, 2.24) is 29.8 Å². The van der Waals surface area contributed by atoms with Crippen molar-refractivity contribution in [2.45, 2.75) is 44.4 Å². The molecule has 280 valence electrons. The van der Waals surface area contributed by atoms with Gasteiger partial charge in [0.1, 0.15) is 11.5 Å². The van der Waals surface area contributed by atoms with Gasteiger partial charge in [0.2, 0.25) is 5.82 Å². The lowest BCUT2D eigenvalue weighted by Gasteiger charge is -2.34. The molecule has 1 aliphatic heterocycles. The predicted molar refractivity (Wildman–Crippen MR) is 208 cm³/mol. The second-order valence-corrected chi connectivity index (χ2v) is 13.8. The second-order valence-electron chi connectivity index (χ2n) is 13.4. The van der Waals surface area contributed by atoms with Crippen molar-refractivity contribution in [3.63, 3.8) is 0 Å². The minimum absolute atomic E-state index is 0.00951. The van der Waals surface area contributed by atoms with Crippen LogP contribution in [0.3, 0.4) is 0 Å². The number of rotatable bonds is 12. The molecule has 6 aromatic rings. The number of aryl methyl sites for hydroxylation is 1. The number of fused-ring (bicyclic) bond motifs is 1. The van der Waals surface area contributed by atoms with E-state index in [9.17, 15) is 4.79 Å². The summed E-state index contributed by atoms with van der Waals surface area (Å²) in [7, 11) is 0. The van der Waals surface area contributed by atoms with Gasteiger partial charge >= 0.3 is 6.18 Å². The number of unbranched alkanes of at least 4 members (excludes halogenated alkanes) is 1. The van der Waals surface area contributed by atoms with Crippen LogP contribution in [0.4, 0.5) is 13.2 Å². The van der Waals surface area contributed by atoms with Crippen molar-refractivity contribution >= 4 is 17.9 Å². The molecule has 0 atom stereocenters. The number of imidazole rings is 1. The van der Waals surface area contributed by atoms with Gasteiger partial charge < -0.3 is 8.98 Å². The molecule has 0 amide bonds. The number of aldehydes is 1. The second kappa shape index (κ2) is 15.1. The molecule has 8 rings (SSSR count). The number of hydrogen-bond acceptors (Lipinski definition) is 6. The molecule has 12 heteroatoms. The molecule has 0 N–H and O–H groups in total. The van der Waals surface area contributed by atoms with Crippen LogP contribution < -0.4 is 0 Å². The van der Waals surface area contributed by atoms with Gasteiger partial charge in [0.05, 0.1) is 24.6 Å². The molecule has 4 aromatic carbocycles. The van der Waals surface area contributed by atoms with Crippen LogP contribution in [-0.2, 0) is 24.7 Å². The maximum Gasteiger partial charge on any atom is 0.417 e. The van der Waals surface area contributed by atoms with Crippen molar-refractivity contribution < 1.29 is 22.4 Å². The molecule has 3 heterocycles. The molecule has 8 nitrogen and oxygen atoms in total. The van der Waals surface area contributed by atoms with Gasteiger partial charge in [-0.2, -0.15) is 13.2 Å². The Hall–Kier alpha value is -6.33. The number of nitrogens with zero attached hydrogens (tertiary/aromatic N) is 6. The van der Waals surface area contributed by atoms with Crippen molar-refractivity contribution in [3.05, 3.63) is 178 Å². The van der Waals surface area contributed by atoms with E-state index in [1.807, 2.05) is 97.9 Å². The maximum absolute atomic E-state index is 15.1. The summed E-state index contributed by atoms with van der Waals surface area (Å²) in [6.45, 7) is 1.94. The van der Waals surface area contributed by atoms with Crippen LogP contribution in [0.25, 0.3) is 33.6 Å². The first-order valence-corrected chi connectivity index (χ1v) is 18.5. The summed E-state index contributed by atoms with van der Waals surface area (Å²) >= 11 is 6.38. The number of halogens is 4. The minimum Gasteiger partial charge on any atom is -0.472 e. The van der Waals surface area contributed by atoms with E-state index in [-0.39, 0.29) is 34.3 Å². The highest BCUT2D eigenvalue weighted by atomic mass is 35.5. The molecule has 2 aliphatic rings. The molecule has 0 radical (unpaired) electrons. The molecular weight excluding hydrogens is 737 g/mol. The first kappa shape index (κ1) is 36.6. The Morgan fingerprint density at radius 1 is 0.786 bits per heavy atom. The van der Waals surface area contributed by atoms with E-state index in [1.54, 1.807) is 33.6 Å². The molecule has 56 heavy (non-hydrogen) atoms. The third-order valence-electron chi connectivity index (χ3n) is 10.2. The fraction of sp³-hybridized carbons (Fsp3) is 0.159. The van der Waals surface area contributed by atoms with Gasteiger partial charge in [-0.3, -0.25) is 4.79 Å². The SMILES string of the molecule is CCCCc1nc(Cl)c(C=O)n1Cc1c2ccocc-2c(C(F)(F)F)c1-c1ccc(-c2nnn(C(c3ccccc3)(c3ccccc3)c3ccccc3)n2)cc1. The summed E-state index contributed by atoms with van der Waals surface area (Å²) in [5, 5.41) is 14.1. The van der Waals surface area contributed by atoms with Crippen LogP contribution >= 0.6 is 11.6 Å². The molecule has 0 bridgehead atoms. The van der Waals surface area contributed by atoms with E-state index in [0.29, 0.717) is 40.8 Å². The Labute approximate surface area is 325 Å². The van der Waals surface area contributed by atoms with Gasteiger partial charge in [0.25, 0.3) is 0 Å². The topological polar surface area (TPSA) is 91.6 Å². The Bertz CT molecular complexity index is 2470. The van der Waals surface area contributed by atoms with E-state index in [1.165, 1.54) is 12.3 Å². The predicted octanol–water partition coefficient (Wildman–Crippen LogP) is 10.6. The molecular formula is C44H34ClF3N6O2. The zero-order chi connectivity index (χ0) is 38.9. The molecule has 2 aromatic heterocycles. The lowest BCUT2D eigenvalue weighted by Crippen LogP contribution is -2.39. The summed E-state index contributed by atoms with van der Waals surface area (Å²) in [5.74, 6) is 0.811. The third-order valence-corrected chi connectivity index (χ3v) is 10.4. The van der Waals surface area contributed by atoms with Crippen LogP contribution in [-0.4, -0.2) is 36.0 Å². The van der Waals surface area contributed by atoms with Gasteiger partial charge in [-0.1, -0.05) is 140 Å². The number of carbonyl (C=O) groups is 1. The number of alkyl halides is 3. The Kier molecular flexibility index (Phi) is 9.86. The summed E-state index contributed by atoms with van der Waals surface area (Å²) in [6.07, 6.45) is 0.413. The standard InChI is InChI=1S/C44H34ClF3N6O2/c1-2-3-19-38-49-41(45)37(27-55)53(38)26-35-34-24-25-56-28-36(34)40(44(46,47)48)39(35)29-20-22-30(23-21-29)42-50-52-54(51-42)43(31-13-7-4-8-14-31,32-15-9-5-10-16-32)33-17-11-6-12-18-33/h4-18,20-25,27-28H,2-3,19,26H2,1H3. The van der Waals surface area contributed by atoms with Gasteiger partial charge in [-0.25, -0.2) is 4.98 Å². The maximum atomic E-state index is 15.1. The highest BCUT2D eigenvalue weighted by Crippen LogP contribution is 2.50. The highest BCUT2D eigenvalue weighted by molar-refractivity contribution is 6.31. The summed E-state index contributed by atoms with van der Waals surface area (Å²) < 4.78 is 52.3. The Morgan fingerprint density at radius 3 is 1.93 bits per heavy atom. The average molecular weight is 771 g/mol. The number of tetrazole rings is 1. The van der Waals surface area contributed by atoms with Gasteiger partial charge in [-0.15, -0.1) is 15.0 Å².